The third-order valence-electron chi connectivity index (χ3n) is 3.43. The number of anilines is 3. The summed E-state index contributed by atoms with van der Waals surface area (Å²) < 4.78 is 0. The van der Waals surface area contributed by atoms with Crippen molar-refractivity contribution in [2.45, 2.75) is 11.8 Å². The van der Waals surface area contributed by atoms with E-state index in [1.54, 1.807) is 6.07 Å². The average Bonchev–Trinajstić information content (AvgIpc) is 2.90. The van der Waals surface area contributed by atoms with Gasteiger partial charge in [0.2, 0.25) is 5.78 Å². The number of aromatic nitrogens is 1. The number of nitrogens with zero attached hydrogens (tertiary/aromatic N) is 1. The molecule has 0 saturated heterocycles. The lowest BCUT2D eigenvalue weighted by Crippen LogP contribution is -2.05. The van der Waals surface area contributed by atoms with E-state index in [-0.39, 0.29) is 11.6 Å². The first-order valence-corrected chi connectivity index (χ1v) is 8.72. The zero-order valence-electron chi connectivity index (χ0n) is 12.7. The number of nitrogens with two attached hydrogens (primary N) is 1. The molecule has 0 bridgehead atoms. The zero-order chi connectivity index (χ0) is 17.3. The molecular formula is C17H14ClN3OS2. The molecule has 7 heteroatoms. The Kier molecular flexibility index (Phi) is 4.80. The van der Waals surface area contributed by atoms with Crippen LogP contribution in [0.1, 0.15) is 20.8 Å². The van der Waals surface area contributed by atoms with Gasteiger partial charge in [-0.3, -0.25) is 4.79 Å². The van der Waals surface area contributed by atoms with Crippen LogP contribution in [0, 0.1) is 6.92 Å². The fourth-order valence-electron chi connectivity index (χ4n) is 2.25. The molecule has 0 saturated carbocycles. The van der Waals surface area contributed by atoms with Gasteiger partial charge in [-0.1, -0.05) is 35.1 Å². The van der Waals surface area contributed by atoms with Crippen molar-refractivity contribution in [2.24, 2.45) is 0 Å². The summed E-state index contributed by atoms with van der Waals surface area (Å²) >= 11 is 11.6. The van der Waals surface area contributed by atoms with Crippen LogP contribution in [0.15, 0.2) is 47.4 Å². The largest absolute Gasteiger partial charge is 0.382 e. The molecule has 3 N–H and O–H groups in total. The number of rotatable bonds is 4. The van der Waals surface area contributed by atoms with Crippen LogP contribution in [-0.4, -0.2) is 10.8 Å². The summed E-state index contributed by atoms with van der Waals surface area (Å²) in [6.07, 6.45) is 0. The third-order valence-corrected chi connectivity index (χ3v) is 5.03. The smallest absolute Gasteiger partial charge is 0.208 e. The molecule has 0 aliphatic carbocycles. The molecule has 3 aromatic rings. The van der Waals surface area contributed by atoms with Crippen molar-refractivity contribution in [1.82, 2.24) is 4.98 Å². The summed E-state index contributed by atoms with van der Waals surface area (Å²) in [5.74, 6) is -0.0236. The molecule has 0 unspecified atom stereocenters. The van der Waals surface area contributed by atoms with Crippen LogP contribution in [0.5, 0.6) is 0 Å². The molecule has 3 rings (SSSR count). The monoisotopic (exact) mass is 375 g/mol. The van der Waals surface area contributed by atoms with Gasteiger partial charge in [0.1, 0.15) is 10.7 Å². The highest BCUT2D eigenvalue weighted by Gasteiger charge is 2.21. The van der Waals surface area contributed by atoms with Gasteiger partial charge in [-0.05, 0) is 42.8 Å². The minimum Gasteiger partial charge on any atom is -0.382 e. The zero-order valence-corrected chi connectivity index (χ0v) is 15.2. The number of carbonyl (C=O) groups excluding carboxylic acids is 1. The molecule has 1 aromatic heterocycles. The van der Waals surface area contributed by atoms with Crippen LogP contribution in [0.4, 0.5) is 16.6 Å². The van der Waals surface area contributed by atoms with E-state index < -0.39 is 0 Å². The highest BCUT2D eigenvalue weighted by atomic mass is 35.5. The molecule has 4 nitrogen and oxygen atoms in total. The van der Waals surface area contributed by atoms with Crippen LogP contribution >= 0.6 is 35.6 Å². The van der Waals surface area contributed by atoms with E-state index in [1.165, 1.54) is 11.3 Å². The number of hydrogen-bond acceptors (Lipinski definition) is 6. The van der Waals surface area contributed by atoms with E-state index in [0.717, 1.165) is 16.1 Å². The number of hydrogen-bond donors (Lipinski definition) is 3. The van der Waals surface area contributed by atoms with Crippen LogP contribution in [0.3, 0.4) is 0 Å². The molecule has 122 valence electrons. The predicted octanol–water partition coefficient (Wildman–Crippen LogP) is 4.95. The van der Waals surface area contributed by atoms with Crippen molar-refractivity contribution >= 4 is 58.0 Å². The van der Waals surface area contributed by atoms with E-state index in [4.69, 9.17) is 17.3 Å². The normalized spacial score (nSPS) is 10.6. The maximum absolute atomic E-state index is 12.8. The van der Waals surface area contributed by atoms with Gasteiger partial charge in [0.05, 0.1) is 5.02 Å². The van der Waals surface area contributed by atoms with Gasteiger partial charge >= 0.3 is 0 Å². The molecule has 0 radical (unpaired) electrons. The molecule has 0 fully saturated rings. The number of benzene rings is 2. The van der Waals surface area contributed by atoms with Gasteiger partial charge in [-0.2, -0.15) is 0 Å². The predicted molar refractivity (Wildman–Crippen MR) is 103 cm³/mol. The second-order valence-electron chi connectivity index (χ2n) is 5.17. The second-order valence-corrected chi connectivity index (χ2v) is 7.09. The lowest BCUT2D eigenvalue weighted by Gasteiger charge is -2.05. The Hall–Kier alpha value is -2.02. The quantitative estimate of drug-likeness (QED) is 0.445. The number of nitrogen functional groups attached to an aromatic ring is 1. The van der Waals surface area contributed by atoms with Crippen molar-refractivity contribution in [3.05, 3.63) is 63.5 Å². The summed E-state index contributed by atoms with van der Waals surface area (Å²) in [5, 5.41) is 4.09. The Balaban J connectivity index is 1.91. The van der Waals surface area contributed by atoms with Gasteiger partial charge in [0.25, 0.3) is 0 Å². The van der Waals surface area contributed by atoms with Crippen molar-refractivity contribution in [3.63, 3.8) is 0 Å². The molecular weight excluding hydrogens is 362 g/mol. The Morgan fingerprint density at radius 3 is 2.62 bits per heavy atom. The highest BCUT2D eigenvalue weighted by molar-refractivity contribution is 7.80. The van der Waals surface area contributed by atoms with E-state index in [9.17, 15) is 4.79 Å². The van der Waals surface area contributed by atoms with Crippen LogP contribution in [0.2, 0.25) is 5.02 Å². The van der Waals surface area contributed by atoms with Gasteiger partial charge in [-0.15, -0.1) is 12.6 Å². The number of halogens is 1. The Labute approximate surface area is 154 Å². The maximum Gasteiger partial charge on any atom is 0.208 e. The standard InChI is InChI=1S/C17H14ClN3OS2/c1-9-3-2-4-12(18)13(9)14(22)15-16(19)21-17(24-15)20-10-5-7-11(23)8-6-10/h2-8,23H,19H2,1H3,(H,20,21). The van der Waals surface area contributed by atoms with Gasteiger partial charge in [0.15, 0.2) is 5.13 Å². The minimum absolute atomic E-state index is 0.192. The number of aryl methyl sites for hydroxylation is 1. The van der Waals surface area contributed by atoms with Crippen molar-refractivity contribution < 1.29 is 4.79 Å². The Bertz CT molecular complexity index is 886. The molecule has 1 heterocycles. The average molecular weight is 376 g/mol. The van der Waals surface area contributed by atoms with E-state index in [0.29, 0.717) is 20.6 Å². The summed E-state index contributed by atoms with van der Waals surface area (Å²) in [4.78, 5) is 18.3. The third kappa shape index (κ3) is 3.40. The Morgan fingerprint density at radius 1 is 1.25 bits per heavy atom. The van der Waals surface area contributed by atoms with Crippen molar-refractivity contribution in [2.75, 3.05) is 11.1 Å². The summed E-state index contributed by atoms with van der Waals surface area (Å²) in [5.41, 5.74) is 8.05. The van der Waals surface area contributed by atoms with Gasteiger partial charge < -0.3 is 11.1 Å². The highest BCUT2D eigenvalue weighted by Crippen LogP contribution is 2.32. The fourth-order valence-corrected chi connectivity index (χ4v) is 3.56. The molecule has 0 spiro atoms. The topological polar surface area (TPSA) is 68.0 Å². The molecule has 2 aromatic carbocycles. The van der Waals surface area contributed by atoms with Crippen LogP contribution < -0.4 is 11.1 Å². The number of carbonyl (C=O) groups is 1. The molecule has 0 atom stereocenters. The van der Waals surface area contributed by atoms with Crippen molar-refractivity contribution in [1.29, 1.82) is 0 Å². The number of thiol groups is 1. The lowest BCUT2D eigenvalue weighted by atomic mass is 10.0. The van der Waals surface area contributed by atoms with Gasteiger partial charge in [0, 0.05) is 16.1 Å². The summed E-state index contributed by atoms with van der Waals surface area (Å²) in [7, 11) is 0. The van der Waals surface area contributed by atoms with E-state index in [1.807, 2.05) is 43.3 Å². The summed E-state index contributed by atoms with van der Waals surface area (Å²) in [6.45, 7) is 1.84. The maximum atomic E-state index is 12.8. The molecule has 0 aliphatic rings. The summed E-state index contributed by atoms with van der Waals surface area (Å²) in [6, 6.07) is 12.8. The first kappa shape index (κ1) is 16.8. The SMILES string of the molecule is Cc1cccc(Cl)c1C(=O)c1sc(Nc2ccc(S)cc2)nc1N. The Morgan fingerprint density at radius 2 is 1.96 bits per heavy atom. The first-order chi connectivity index (χ1) is 11.5. The molecule has 0 aliphatic heterocycles. The first-order valence-electron chi connectivity index (χ1n) is 7.08. The number of nitrogens with one attached hydrogen (secondary N) is 1. The second kappa shape index (κ2) is 6.84. The lowest BCUT2D eigenvalue weighted by molar-refractivity contribution is 0.104. The van der Waals surface area contributed by atoms with Crippen molar-refractivity contribution in [3.8, 4) is 0 Å². The van der Waals surface area contributed by atoms with Gasteiger partial charge in [-0.25, -0.2) is 4.98 Å². The minimum atomic E-state index is -0.216. The number of ketones is 1. The fraction of sp³-hybridized carbons (Fsp3) is 0.0588. The number of thiazole rings is 1. The van der Waals surface area contributed by atoms with E-state index >= 15 is 0 Å². The molecule has 0 amide bonds. The van der Waals surface area contributed by atoms with Crippen LogP contribution in [-0.2, 0) is 0 Å². The molecule has 24 heavy (non-hydrogen) atoms. The van der Waals surface area contributed by atoms with E-state index in [2.05, 4.69) is 22.9 Å². The van der Waals surface area contributed by atoms with Crippen LogP contribution in [0.25, 0.3) is 0 Å².